The summed E-state index contributed by atoms with van der Waals surface area (Å²) in [6.45, 7) is 3.41. The zero-order chi connectivity index (χ0) is 13.1. The average molecular weight is 278 g/mol. The van der Waals surface area contributed by atoms with E-state index in [4.69, 9.17) is 0 Å². The van der Waals surface area contributed by atoms with Crippen molar-refractivity contribution < 1.29 is 0 Å². The fourth-order valence-corrected chi connectivity index (χ4v) is 3.04. The number of thioether (sulfide) groups is 1. The molecule has 2 fully saturated rings. The molecule has 4 nitrogen and oxygen atoms in total. The van der Waals surface area contributed by atoms with Gasteiger partial charge in [-0.1, -0.05) is 0 Å². The van der Waals surface area contributed by atoms with Crippen molar-refractivity contribution in [3.05, 3.63) is 12.4 Å². The summed E-state index contributed by atoms with van der Waals surface area (Å²) in [7, 11) is 0. The molecular formula is C14H22N4S. The van der Waals surface area contributed by atoms with Gasteiger partial charge in [-0.2, -0.15) is 0 Å². The van der Waals surface area contributed by atoms with E-state index in [1.54, 1.807) is 18.1 Å². The van der Waals surface area contributed by atoms with Gasteiger partial charge in [-0.05, 0) is 44.4 Å². The molecule has 1 aliphatic carbocycles. The minimum Gasteiger partial charge on any atom is -0.355 e. The molecule has 2 heterocycles. The summed E-state index contributed by atoms with van der Waals surface area (Å²) in [5.41, 5.74) is 0. The van der Waals surface area contributed by atoms with Crippen LogP contribution in [0.1, 0.15) is 25.7 Å². The van der Waals surface area contributed by atoms with Crippen LogP contribution in [0, 0.1) is 5.92 Å². The van der Waals surface area contributed by atoms with Crippen LogP contribution in [-0.4, -0.2) is 41.9 Å². The molecule has 0 amide bonds. The minimum atomic E-state index is 0.631. The number of nitrogens with zero attached hydrogens (tertiary/aromatic N) is 3. The van der Waals surface area contributed by atoms with Crippen LogP contribution < -0.4 is 10.2 Å². The molecule has 0 radical (unpaired) electrons. The first-order chi connectivity index (χ1) is 9.35. The maximum Gasteiger partial charge on any atom is 0.133 e. The van der Waals surface area contributed by atoms with Gasteiger partial charge in [0.2, 0.25) is 0 Å². The third-order valence-corrected chi connectivity index (χ3v) is 4.58. The average Bonchev–Trinajstić information content (AvgIpc) is 3.12. The van der Waals surface area contributed by atoms with Crippen molar-refractivity contribution in [3.63, 3.8) is 0 Å². The number of rotatable bonds is 6. The van der Waals surface area contributed by atoms with Crippen LogP contribution in [-0.2, 0) is 0 Å². The third-order valence-electron chi connectivity index (χ3n) is 3.94. The molecule has 2 aliphatic rings. The molecule has 0 bridgehead atoms. The van der Waals surface area contributed by atoms with Crippen LogP contribution in [0.2, 0.25) is 0 Å². The van der Waals surface area contributed by atoms with Gasteiger partial charge in [-0.25, -0.2) is 9.97 Å². The first-order valence-corrected chi connectivity index (χ1v) is 8.42. The molecule has 0 aromatic carbocycles. The van der Waals surface area contributed by atoms with Crippen molar-refractivity contribution in [2.24, 2.45) is 5.92 Å². The van der Waals surface area contributed by atoms with Crippen molar-refractivity contribution in [3.8, 4) is 0 Å². The summed E-state index contributed by atoms with van der Waals surface area (Å²) in [5.74, 6) is 1.98. The molecule has 1 saturated carbocycles. The standard InChI is InChI=1S/C14H22N4S/c1-19-14-7-13(16-10-17-14)18(8-11-4-5-11)9-12-3-2-6-15-12/h7,10-12,15H,2-6,8-9H2,1H3. The maximum absolute atomic E-state index is 4.48. The fourth-order valence-electron chi connectivity index (χ4n) is 2.67. The predicted molar refractivity (Wildman–Crippen MR) is 79.8 cm³/mol. The Balaban J connectivity index is 1.71. The van der Waals surface area contributed by atoms with Crippen LogP contribution >= 0.6 is 11.8 Å². The van der Waals surface area contributed by atoms with Gasteiger partial charge in [0.1, 0.15) is 17.2 Å². The molecule has 5 heteroatoms. The Morgan fingerprint density at radius 1 is 1.32 bits per heavy atom. The number of anilines is 1. The zero-order valence-electron chi connectivity index (χ0n) is 11.5. The monoisotopic (exact) mass is 278 g/mol. The lowest BCUT2D eigenvalue weighted by Crippen LogP contribution is -2.39. The molecule has 104 valence electrons. The molecule has 1 aromatic heterocycles. The van der Waals surface area contributed by atoms with Crippen LogP contribution in [0.3, 0.4) is 0 Å². The van der Waals surface area contributed by atoms with Gasteiger partial charge in [0.05, 0.1) is 0 Å². The highest BCUT2D eigenvalue weighted by Gasteiger charge is 2.27. The molecule has 1 unspecified atom stereocenters. The highest BCUT2D eigenvalue weighted by Crippen LogP contribution is 2.31. The minimum absolute atomic E-state index is 0.631. The summed E-state index contributed by atoms with van der Waals surface area (Å²) < 4.78 is 0. The van der Waals surface area contributed by atoms with Gasteiger partial charge in [-0.15, -0.1) is 11.8 Å². The summed E-state index contributed by atoms with van der Waals surface area (Å²) in [4.78, 5) is 11.2. The second-order valence-electron chi connectivity index (χ2n) is 5.56. The van der Waals surface area contributed by atoms with Crippen LogP contribution in [0.4, 0.5) is 5.82 Å². The second kappa shape index (κ2) is 6.09. The normalized spacial score (nSPS) is 22.7. The van der Waals surface area contributed by atoms with E-state index in [2.05, 4.69) is 32.5 Å². The largest absolute Gasteiger partial charge is 0.355 e. The third kappa shape index (κ3) is 3.60. The van der Waals surface area contributed by atoms with E-state index in [-0.39, 0.29) is 0 Å². The first kappa shape index (κ1) is 13.2. The highest BCUT2D eigenvalue weighted by atomic mass is 32.2. The molecular weight excluding hydrogens is 256 g/mol. The Labute approximate surface area is 119 Å². The molecule has 1 aromatic rings. The lowest BCUT2D eigenvalue weighted by atomic mass is 10.2. The van der Waals surface area contributed by atoms with E-state index in [0.717, 1.165) is 29.9 Å². The van der Waals surface area contributed by atoms with E-state index < -0.39 is 0 Å². The van der Waals surface area contributed by atoms with Gasteiger partial charge < -0.3 is 10.2 Å². The number of aromatic nitrogens is 2. The molecule has 19 heavy (non-hydrogen) atoms. The van der Waals surface area contributed by atoms with E-state index in [1.807, 2.05) is 0 Å². The Morgan fingerprint density at radius 3 is 2.89 bits per heavy atom. The van der Waals surface area contributed by atoms with Crippen LogP contribution in [0.25, 0.3) is 0 Å². The summed E-state index contributed by atoms with van der Waals surface area (Å²) >= 11 is 1.68. The van der Waals surface area contributed by atoms with E-state index >= 15 is 0 Å². The number of nitrogens with one attached hydrogen (secondary N) is 1. The highest BCUT2D eigenvalue weighted by molar-refractivity contribution is 7.98. The molecule has 1 atom stereocenters. The van der Waals surface area contributed by atoms with Gasteiger partial charge in [-0.3, -0.25) is 0 Å². The lowest BCUT2D eigenvalue weighted by molar-refractivity contribution is 0.566. The summed E-state index contributed by atoms with van der Waals surface area (Å²) in [5, 5.41) is 4.65. The molecule has 1 aliphatic heterocycles. The molecule has 0 spiro atoms. The number of hydrogen-bond donors (Lipinski definition) is 1. The quantitative estimate of drug-likeness (QED) is 0.638. The van der Waals surface area contributed by atoms with E-state index in [1.165, 1.54) is 32.2 Å². The van der Waals surface area contributed by atoms with Crippen LogP contribution in [0.15, 0.2) is 17.4 Å². The summed E-state index contributed by atoms with van der Waals surface area (Å²) in [6, 6.07) is 2.76. The van der Waals surface area contributed by atoms with Crippen molar-refractivity contribution in [2.75, 3.05) is 30.8 Å². The molecule has 3 rings (SSSR count). The Morgan fingerprint density at radius 2 is 2.21 bits per heavy atom. The maximum atomic E-state index is 4.48. The van der Waals surface area contributed by atoms with Gasteiger partial charge in [0.15, 0.2) is 0 Å². The summed E-state index contributed by atoms with van der Waals surface area (Å²) in [6.07, 6.45) is 9.13. The van der Waals surface area contributed by atoms with E-state index in [9.17, 15) is 0 Å². The first-order valence-electron chi connectivity index (χ1n) is 7.19. The zero-order valence-corrected chi connectivity index (χ0v) is 12.3. The van der Waals surface area contributed by atoms with Crippen molar-refractivity contribution in [1.82, 2.24) is 15.3 Å². The Bertz CT molecular complexity index is 416. The Hall–Kier alpha value is -0.810. The van der Waals surface area contributed by atoms with Gasteiger partial charge >= 0.3 is 0 Å². The van der Waals surface area contributed by atoms with Gasteiger partial charge in [0.25, 0.3) is 0 Å². The molecule has 1 N–H and O–H groups in total. The fraction of sp³-hybridized carbons (Fsp3) is 0.714. The van der Waals surface area contributed by atoms with Crippen molar-refractivity contribution in [2.45, 2.75) is 36.8 Å². The smallest absolute Gasteiger partial charge is 0.133 e. The number of hydrogen-bond acceptors (Lipinski definition) is 5. The predicted octanol–water partition coefficient (Wildman–Crippen LogP) is 2.17. The van der Waals surface area contributed by atoms with E-state index in [0.29, 0.717) is 6.04 Å². The second-order valence-corrected chi connectivity index (χ2v) is 6.39. The Kier molecular flexibility index (Phi) is 4.23. The van der Waals surface area contributed by atoms with Gasteiger partial charge in [0, 0.05) is 25.2 Å². The van der Waals surface area contributed by atoms with Crippen LogP contribution in [0.5, 0.6) is 0 Å². The van der Waals surface area contributed by atoms with Crippen molar-refractivity contribution >= 4 is 17.6 Å². The lowest BCUT2D eigenvalue weighted by Gasteiger charge is -2.27. The molecule has 1 saturated heterocycles. The SMILES string of the molecule is CSc1cc(N(CC2CC2)CC2CCCN2)ncn1. The van der Waals surface area contributed by atoms with Crippen molar-refractivity contribution in [1.29, 1.82) is 0 Å². The topological polar surface area (TPSA) is 41.0 Å².